The monoisotopic (exact) mass is 237 g/mol. The highest BCUT2D eigenvalue weighted by Gasteiger charge is 2.26. The molecule has 0 heterocycles. The molecule has 1 fully saturated rings. The van der Waals surface area contributed by atoms with Crippen molar-refractivity contribution in [3.8, 4) is 11.5 Å². The van der Waals surface area contributed by atoms with Crippen LogP contribution in [0.15, 0.2) is 18.2 Å². The van der Waals surface area contributed by atoms with Crippen LogP contribution >= 0.6 is 0 Å². The molecule has 0 amide bonds. The number of phenolic OH excluding ortho intramolecular Hbond substituents is 1. The number of para-hydroxylation sites is 1. The van der Waals surface area contributed by atoms with Crippen molar-refractivity contribution in [1.82, 2.24) is 5.32 Å². The van der Waals surface area contributed by atoms with E-state index < -0.39 is 0 Å². The number of nitrogens with one attached hydrogen (secondary N) is 1. The van der Waals surface area contributed by atoms with Gasteiger partial charge in [0.15, 0.2) is 11.5 Å². The summed E-state index contributed by atoms with van der Waals surface area (Å²) in [5, 5.41) is 22.4. The summed E-state index contributed by atoms with van der Waals surface area (Å²) in [6, 6.07) is 5.87. The molecule has 1 aliphatic carbocycles. The summed E-state index contributed by atoms with van der Waals surface area (Å²) in [6.45, 7) is 3.03. The van der Waals surface area contributed by atoms with Gasteiger partial charge in [0.25, 0.3) is 0 Å². The number of ether oxygens (including phenoxy) is 1. The van der Waals surface area contributed by atoms with Gasteiger partial charge in [-0.25, -0.2) is 0 Å². The maximum absolute atomic E-state index is 9.96. The lowest BCUT2D eigenvalue weighted by Crippen LogP contribution is -2.43. The number of aliphatic hydroxyl groups is 1. The van der Waals surface area contributed by atoms with Crippen LogP contribution in [0.1, 0.15) is 25.3 Å². The summed E-state index contributed by atoms with van der Waals surface area (Å²) in [5.41, 5.74) is 0.831. The first-order valence-corrected chi connectivity index (χ1v) is 6.05. The molecule has 1 aromatic rings. The minimum atomic E-state index is -0.157. The van der Waals surface area contributed by atoms with Crippen molar-refractivity contribution in [3.63, 3.8) is 0 Å². The van der Waals surface area contributed by atoms with E-state index in [2.05, 4.69) is 5.32 Å². The maximum Gasteiger partial charge on any atom is 0.162 e. The molecule has 1 saturated carbocycles. The van der Waals surface area contributed by atoms with Crippen LogP contribution in [-0.4, -0.2) is 29.0 Å². The number of hydrogen-bond acceptors (Lipinski definition) is 4. The minimum Gasteiger partial charge on any atom is -0.504 e. The smallest absolute Gasteiger partial charge is 0.162 e. The van der Waals surface area contributed by atoms with E-state index in [1.165, 1.54) is 0 Å². The van der Waals surface area contributed by atoms with Crippen molar-refractivity contribution in [3.05, 3.63) is 23.8 Å². The Labute approximate surface area is 101 Å². The Balaban J connectivity index is 1.93. The topological polar surface area (TPSA) is 61.7 Å². The predicted octanol–water partition coefficient (Wildman–Crippen LogP) is 1.40. The van der Waals surface area contributed by atoms with E-state index in [9.17, 15) is 10.2 Å². The molecule has 4 nitrogen and oxygen atoms in total. The van der Waals surface area contributed by atoms with Crippen molar-refractivity contribution in [2.24, 2.45) is 0 Å². The van der Waals surface area contributed by atoms with Crippen LogP contribution in [0, 0.1) is 0 Å². The Morgan fingerprint density at radius 1 is 1.41 bits per heavy atom. The standard InChI is InChI=1S/C13H19NO3/c1-2-17-12-5-3-4-9(13(12)16)8-14-10-6-11(15)7-10/h3-5,10-11,14-16H,2,6-8H2,1H3. The average Bonchev–Trinajstić information content (AvgIpc) is 2.27. The van der Waals surface area contributed by atoms with Gasteiger partial charge in [0.1, 0.15) is 0 Å². The van der Waals surface area contributed by atoms with Crippen LogP contribution in [0.4, 0.5) is 0 Å². The van der Waals surface area contributed by atoms with Gasteiger partial charge in [-0.3, -0.25) is 0 Å². The zero-order valence-corrected chi connectivity index (χ0v) is 10.0. The van der Waals surface area contributed by atoms with Crippen molar-refractivity contribution < 1.29 is 14.9 Å². The normalized spacial score (nSPS) is 23.2. The molecule has 1 aliphatic rings. The van der Waals surface area contributed by atoms with Crippen LogP contribution in [0.3, 0.4) is 0 Å². The third-order valence-electron chi connectivity index (χ3n) is 3.08. The molecule has 0 aliphatic heterocycles. The van der Waals surface area contributed by atoms with Gasteiger partial charge < -0.3 is 20.3 Å². The van der Waals surface area contributed by atoms with Crippen LogP contribution < -0.4 is 10.1 Å². The molecule has 0 spiro atoms. The molecule has 0 aromatic heterocycles. The third-order valence-corrected chi connectivity index (χ3v) is 3.08. The SMILES string of the molecule is CCOc1cccc(CNC2CC(O)C2)c1O. The van der Waals surface area contributed by atoms with Gasteiger partial charge in [-0.1, -0.05) is 12.1 Å². The Kier molecular flexibility index (Phi) is 3.86. The lowest BCUT2D eigenvalue weighted by atomic mass is 9.89. The number of aromatic hydroxyl groups is 1. The van der Waals surface area contributed by atoms with Gasteiger partial charge >= 0.3 is 0 Å². The molecule has 0 unspecified atom stereocenters. The molecule has 3 N–H and O–H groups in total. The van der Waals surface area contributed by atoms with Crippen molar-refractivity contribution in [2.45, 2.75) is 38.5 Å². The molecule has 0 bridgehead atoms. The lowest BCUT2D eigenvalue weighted by Gasteiger charge is -2.32. The van der Waals surface area contributed by atoms with Crippen molar-refractivity contribution >= 4 is 0 Å². The molecule has 0 radical (unpaired) electrons. The maximum atomic E-state index is 9.96. The fourth-order valence-corrected chi connectivity index (χ4v) is 1.99. The second kappa shape index (κ2) is 5.38. The summed E-state index contributed by atoms with van der Waals surface area (Å²) in [6.07, 6.45) is 1.44. The first-order chi connectivity index (χ1) is 8.20. The quantitative estimate of drug-likeness (QED) is 0.724. The zero-order valence-electron chi connectivity index (χ0n) is 10.0. The predicted molar refractivity (Wildman–Crippen MR) is 65.1 cm³/mol. The second-order valence-corrected chi connectivity index (χ2v) is 4.40. The van der Waals surface area contributed by atoms with Gasteiger partial charge in [-0.2, -0.15) is 0 Å². The third kappa shape index (κ3) is 2.90. The van der Waals surface area contributed by atoms with E-state index in [1.807, 2.05) is 19.1 Å². The molecule has 94 valence electrons. The summed E-state index contributed by atoms with van der Waals surface area (Å²) in [7, 11) is 0. The van der Waals surface area contributed by atoms with Gasteiger partial charge in [-0.15, -0.1) is 0 Å². The fraction of sp³-hybridized carbons (Fsp3) is 0.538. The molecular formula is C13H19NO3. The molecule has 0 saturated heterocycles. The number of hydrogen-bond donors (Lipinski definition) is 3. The molecule has 1 aromatic carbocycles. The lowest BCUT2D eigenvalue weighted by molar-refractivity contribution is 0.0618. The van der Waals surface area contributed by atoms with Crippen LogP contribution in [0.5, 0.6) is 11.5 Å². The number of benzene rings is 1. The summed E-state index contributed by atoms with van der Waals surface area (Å²) >= 11 is 0. The van der Waals surface area contributed by atoms with E-state index in [-0.39, 0.29) is 11.9 Å². The molecule has 4 heteroatoms. The first kappa shape index (κ1) is 12.2. The highest BCUT2D eigenvalue weighted by atomic mass is 16.5. The first-order valence-electron chi connectivity index (χ1n) is 6.05. The van der Waals surface area contributed by atoms with Gasteiger partial charge in [0.05, 0.1) is 12.7 Å². The number of phenols is 1. The van der Waals surface area contributed by atoms with E-state index in [0.717, 1.165) is 18.4 Å². The van der Waals surface area contributed by atoms with Gasteiger partial charge in [0, 0.05) is 18.2 Å². The summed E-state index contributed by atoms with van der Waals surface area (Å²) < 4.78 is 5.32. The van der Waals surface area contributed by atoms with E-state index in [1.54, 1.807) is 6.07 Å². The Morgan fingerprint density at radius 2 is 2.18 bits per heavy atom. The Bertz CT molecular complexity index is 375. The molecule has 0 atom stereocenters. The fourth-order valence-electron chi connectivity index (χ4n) is 1.99. The summed E-state index contributed by atoms with van der Waals surface area (Å²) in [5.74, 6) is 0.738. The van der Waals surface area contributed by atoms with E-state index in [0.29, 0.717) is 24.9 Å². The Morgan fingerprint density at radius 3 is 2.82 bits per heavy atom. The van der Waals surface area contributed by atoms with Crippen LogP contribution in [0.25, 0.3) is 0 Å². The van der Waals surface area contributed by atoms with Crippen molar-refractivity contribution in [1.29, 1.82) is 0 Å². The average molecular weight is 237 g/mol. The molecular weight excluding hydrogens is 218 g/mol. The van der Waals surface area contributed by atoms with Crippen LogP contribution in [-0.2, 0) is 6.54 Å². The molecule has 17 heavy (non-hydrogen) atoms. The second-order valence-electron chi connectivity index (χ2n) is 4.40. The van der Waals surface area contributed by atoms with Gasteiger partial charge in [0.2, 0.25) is 0 Å². The van der Waals surface area contributed by atoms with E-state index in [4.69, 9.17) is 4.74 Å². The van der Waals surface area contributed by atoms with E-state index >= 15 is 0 Å². The zero-order chi connectivity index (χ0) is 12.3. The number of rotatable bonds is 5. The Hall–Kier alpha value is -1.26. The largest absolute Gasteiger partial charge is 0.504 e. The van der Waals surface area contributed by atoms with Crippen molar-refractivity contribution in [2.75, 3.05) is 6.61 Å². The highest BCUT2D eigenvalue weighted by molar-refractivity contribution is 5.45. The highest BCUT2D eigenvalue weighted by Crippen LogP contribution is 2.30. The van der Waals surface area contributed by atoms with Gasteiger partial charge in [-0.05, 0) is 25.8 Å². The minimum absolute atomic E-state index is 0.157. The van der Waals surface area contributed by atoms with Crippen LogP contribution in [0.2, 0.25) is 0 Å². The summed E-state index contributed by atoms with van der Waals surface area (Å²) in [4.78, 5) is 0. The number of aliphatic hydroxyl groups excluding tert-OH is 1. The molecule has 2 rings (SSSR count).